The minimum atomic E-state index is 0.0854. The van der Waals surface area contributed by atoms with Crippen LogP contribution in [-0.4, -0.2) is 27.0 Å². The molecule has 1 aromatic heterocycles. The maximum atomic E-state index is 9.72. The molecule has 0 aliphatic carbocycles. The topological polar surface area (TPSA) is 63.1 Å². The van der Waals surface area contributed by atoms with E-state index >= 15 is 0 Å². The van der Waals surface area contributed by atoms with Crippen molar-refractivity contribution in [3.8, 4) is 28.6 Å². The van der Waals surface area contributed by atoms with E-state index in [9.17, 15) is 5.11 Å². The lowest BCUT2D eigenvalue weighted by atomic mass is 10.1. The number of hydrogen-bond donors (Lipinski definition) is 2. The highest BCUT2D eigenvalue weighted by molar-refractivity contribution is 7.71. The zero-order valence-corrected chi connectivity index (χ0v) is 13.0. The largest absolute Gasteiger partial charge is 0.504 e. The fraction of sp³-hybridized carbons (Fsp3) is 0.125. The summed E-state index contributed by atoms with van der Waals surface area (Å²) in [6.45, 7) is 2.03. The molecule has 0 amide bonds. The second kappa shape index (κ2) is 5.65. The molecule has 0 saturated carbocycles. The van der Waals surface area contributed by atoms with Crippen LogP contribution in [0.3, 0.4) is 0 Å². The summed E-state index contributed by atoms with van der Waals surface area (Å²) in [6, 6.07) is 13.1. The molecule has 2 aromatic carbocycles. The number of methoxy groups -OCH3 is 1. The van der Waals surface area contributed by atoms with Crippen molar-refractivity contribution >= 4 is 12.2 Å². The van der Waals surface area contributed by atoms with Gasteiger partial charge in [-0.3, -0.25) is 9.67 Å². The molecule has 0 fully saturated rings. The van der Waals surface area contributed by atoms with E-state index in [4.69, 9.17) is 17.0 Å². The molecular weight excluding hydrogens is 298 g/mol. The molecule has 0 saturated heterocycles. The summed E-state index contributed by atoms with van der Waals surface area (Å²) in [5, 5.41) is 16.8. The molecule has 0 radical (unpaired) electrons. The van der Waals surface area contributed by atoms with Gasteiger partial charge in [0.25, 0.3) is 0 Å². The van der Waals surface area contributed by atoms with Gasteiger partial charge in [0.15, 0.2) is 22.1 Å². The molecule has 3 aromatic rings. The van der Waals surface area contributed by atoms with Gasteiger partial charge in [0.05, 0.1) is 7.11 Å². The highest BCUT2D eigenvalue weighted by Crippen LogP contribution is 2.31. The second-order valence-corrected chi connectivity index (χ2v) is 5.30. The van der Waals surface area contributed by atoms with Crippen molar-refractivity contribution in [3.05, 3.63) is 52.8 Å². The molecule has 6 heteroatoms. The summed E-state index contributed by atoms with van der Waals surface area (Å²) in [7, 11) is 1.51. The number of aromatic amines is 1. The third kappa shape index (κ3) is 2.48. The molecule has 0 aliphatic rings. The fourth-order valence-corrected chi connectivity index (χ4v) is 2.48. The Hall–Kier alpha value is -2.60. The Labute approximate surface area is 132 Å². The van der Waals surface area contributed by atoms with Crippen LogP contribution in [0.4, 0.5) is 0 Å². The zero-order valence-electron chi connectivity index (χ0n) is 12.2. The van der Waals surface area contributed by atoms with E-state index in [-0.39, 0.29) is 5.75 Å². The van der Waals surface area contributed by atoms with Gasteiger partial charge in [0.2, 0.25) is 0 Å². The van der Waals surface area contributed by atoms with Gasteiger partial charge < -0.3 is 9.84 Å². The summed E-state index contributed by atoms with van der Waals surface area (Å²) < 4.78 is 7.51. The predicted molar refractivity (Wildman–Crippen MR) is 87.1 cm³/mol. The molecule has 0 aliphatic heterocycles. The van der Waals surface area contributed by atoms with Gasteiger partial charge in [-0.1, -0.05) is 17.7 Å². The van der Waals surface area contributed by atoms with Gasteiger partial charge in [-0.25, -0.2) is 0 Å². The van der Waals surface area contributed by atoms with Crippen LogP contribution in [0.25, 0.3) is 17.1 Å². The maximum absolute atomic E-state index is 9.72. The Bertz CT molecular complexity index is 866. The van der Waals surface area contributed by atoms with Crippen molar-refractivity contribution in [3.63, 3.8) is 0 Å². The van der Waals surface area contributed by atoms with E-state index < -0.39 is 0 Å². The first-order chi connectivity index (χ1) is 10.6. The maximum Gasteiger partial charge on any atom is 0.200 e. The number of hydrogen-bond acceptors (Lipinski definition) is 4. The van der Waals surface area contributed by atoms with E-state index in [2.05, 4.69) is 10.2 Å². The van der Waals surface area contributed by atoms with Crippen molar-refractivity contribution < 1.29 is 9.84 Å². The normalized spacial score (nSPS) is 10.6. The minimum Gasteiger partial charge on any atom is -0.504 e. The van der Waals surface area contributed by atoms with Crippen LogP contribution in [0, 0.1) is 11.7 Å². The number of benzene rings is 2. The number of nitrogens with one attached hydrogen (secondary N) is 1. The van der Waals surface area contributed by atoms with E-state index in [0.717, 1.165) is 11.3 Å². The highest BCUT2D eigenvalue weighted by Gasteiger charge is 2.13. The SMILES string of the molecule is COc1cc(-c2n[nH]c(=S)n2-c2ccc(C)cc2)ccc1O. The summed E-state index contributed by atoms with van der Waals surface area (Å²) >= 11 is 5.34. The Morgan fingerprint density at radius 3 is 2.59 bits per heavy atom. The van der Waals surface area contributed by atoms with Crippen LogP contribution in [0.15, 0.2) is 42.5 Å². The average Bonchev–Trinajstić information content (AvgIpc) is 2.90. The number of H-pyrrole nitrogens is 1. The van der Waals surface area contributed by atoms with Gasteiger partial charge in [-0.15, -0.1) is 0 Å². The molecule has 112 valence electrons. The third-order valence-corrected chi connectivity index (χ3v) is 3.68. The summed E-state index contributed by atoms with van der Waals surface area (Å²) in [5.74, 6) is 1.14. The van der Waals surface area contributed by atoms with Crippen molar-refractivity contribution in [1.29, 1.82) is 0 Å². The first-order valence-electron chi connectivity index (χ1n) is 6.72. The molecule has 0 atom stereocenters. The summed E-state index contributed by atoms with van der Waals surface area (Å²) in [6.07, 6.45) is 0. The zero-order chi connectivity index (χ0) is 15.7. The van der Waals surface area contributed by atoms with Gasteiger partial charge in [0, 0.05) is 11.3 Å². The molecule has 5 nitrogen and oxygen atoms in total. The fourth-order valence-electron chi connectivity index (χ4n) is 2.24. The number of aromatic nitrogens is 3. The molecule has 22 heavy (non-hydrogen) atoms. The minimum absolute atomic E-state index is 0.0854. The molecule has 0 bridgehead atoms. The Morgan fingerprint density at radius 1 is 1.18 bits per heavy atom. The predicted octanol–water partition coefficient (Wildman–Crippen LogP) is 3.62. The average molecular weight is 313 g/mol. The molecule has 0 unspecified atom stereocenters. The van der Waals surface area contributed by atoms with Crippen molar-refractivity contribution in [2.45, 2.75) is 6.92 Å². The molecule has 2 N–H and O–H groups in total. The lowest BCUT2D eigenvalue weighted by Crippen LogP contribution is -1.98. The van der Waals surface area contributed by atoms with Crippen molar-refractivity contribution in [2.75, 3.05) is 7.11 Å². The number of aromatic hydroxyl groups is 1. The quantitative estimate of drug-likeness (QED) is 0.725. The molecular formula is C16H15N3O2S. The third-order valence-electron chi connectivity index (χ3n) is 3.40. The van der Waals surface area contributed by atoms with E-state index in [1.807, 2.05) is 35.8 Å². The lowest BCUT2D eigenvalue weighted by Gasteiger charge is -2.09. The molecule has 3 rings (SSSR count). The summed E-state index contributed by atoms with van der Waals surface area (Å²) in [5.41, 5.74) is 2.89. The Kier molecular flexibility index (Phi) is 3.68. The number of aryl methyl sites for hydroxylation is 1. The number of rotatable bonds is 3. The Morgan fingerprint density at radius 2 is 1.91 bits per heavy atom. The van der Waals surface area contributed by atoms with Crippen LogP contribution >= 0.6 is 12.2 Å². The second-order valence-electron chi connectivity index (χ2n) is 4.91. The molecule has 1 heterocycles. The number of nitrogens with zero attached hydrogens (tertiary/aromatic N) is 2. The molecule has 0 spiro atoms. The summed E-state index contributed by atoms with van der Waals surface area (Å²) in [4.78, 5) is 0. The van der Waals surface area contributed by atoms with Crippen molar-refractivity contribution in [1.82, 2.24) is 14.8 Å². The number of ether oxygens (including phenoxy) is 1. The Balaban J connectivity index is 2.17. The van der Waals surface area contributed by atoms with Gasteiger partial charge >= 0.3 is 0 Å². The van der Waals surface area contributed by atoms with Gasteiger partial charge in [-0.05, 0) is 49.5 Å². The van der Waals surface area contributed by atoms with E-state index in [1.165, 1.54) is 12.7 Å². The number of phenolic OH excluding ortho intramolecular Hbond substituents is 1. The van der Waals surface area contributed by atoms with Crippen LogP contribution in [0.2, 0.25) is 0 Å². The highest BCUT2D eigenvalue weighted by atomic mass is 32.1. The lowest BCUT2D eigenvalue weighted by molar-refractivity contribution is 0.373. The van der Waals surface area contributed by atoms with E-state index in [0.29, 0.717) is 16.3 Å². The monoisotopic (exact) mass is 313 g/mol. The van der Waals surface area contributed by atoms with Crippen LogP contribution < -0.4 is 4.74 Å². The van der Waals surface area contributed by atoms with Crippen LogP contribution in [0.5, 0.6) is 11.5 Å². The smallest absolute Gasteiger partial charge is 0.200 e. The van der Waals surface area contributed by atoms with Gasteiger partial charge in [-0.2, -0.15) is 5.10 Å². The van der Waals surface area contributed by atoms with Crippen molar-refractivity contribution in [2.24, 2.45) is 0 Å². The standard InChI is InChI=1S/C16H15N3O2S/c1-10-3-6-12(7-4-10)19-15(17-18-16(19)22)11-5-8-13(20)14(9-11)21-2/h3-9,20H,1-2H3,(H,18,22). The number of phenols is 1. The van der Waals surface area contributed by atoms with Crippen LogP contribution in [0.1, 0.15) is 5.56 Å². The first kappa shape index (κ1) is 14.3. The van der Waals surface area contributed by atoms with Crippen LogP contribution in [-0.2, 0) is 0 Å². The van der Waals surface area contributed by atoms with E-state index in [1.54, 1.807) is 18.2 Å². The van der Waals surface area contributed by atoms with Gasteiger partial charge in [0.1, 0.15) is 0 Å². The first-order valence-corrected chi connectivity index (χ1v) is 7.13.